The van der Waals surface area contributed by atoms with E-state index in [1.807, 2.05) is 60.7 Å². The average Bonchev–Trinajstić information content (AvgIpc) is 3.09. The number of rotatable bonds is 3. The number of benzene rings is 1. The number of hydrogen-bond acceptors (Lipinski definition) is 0. The minimum atomic E-state index is -4.44. The van der Waals surface area contributed by atoms with E-state index in [-0.39, 0.29) is 0 Å². The molecule has 8 heteroatoms. The summed E-state index contributed by atoms with van der Waals surface area (Å²) < 4.78 is 42.1. The maximum atomic E-state index is 13.3. The molecule has 4 aliphatic rings. The Hall–Kier alpha value is -1.55. The van der Waals surface area contributed by atoms with Crippen LogP contribution in [0.3, 0.4) is 0 Å². The summed E-state index contributed by atoms with van der Waals surface area (Å²) in [7, 11) is 0. The molecule has 5 rings (SSSR count). The van der Waals surface area contributed by atoms with E-state index in [9.17, 15) is 13.2 Å². The van der Waals surface area contributed by atoms with Gasteiger partial charge in [-0.15, -0.1) is 0 Å². The first kappa shape index (κ1) is 25.1. The Bertz CT molecular complexity index is 1320. The third-order valence-corrected chi connectivity index (χ3v) is 19.6. The van der Waals surface area contributed by atoms with E-state index in [4.69, 9.17) is 46.4 Å². The fraction of sp³-hybridized carbons (Fsp3) is 0.0370. The Morgan fingerprint density at radius 2 is 0.829 bits per heavy atom. The molecule has 0 spiro atoms. The molecular formula is C27H14BiCl4F3. The molecular weight excluding hydrogens is 732 g/mol. The van der Waals surface area contributed by atoms with E-state index >= 15 is 0 Å². The van der Waals surface area contributed by atoms with Crippen molar-refractivity contribution >= 4 is 78.0 Å². The van der Waals surface area contributed by atoms with Crippen molar-refractivity contribution in [3.05, 3.63) is 111 Å². The molecule has 1 aromatic rings. The summed E-state index contributed by atoms with van der Waals surface area (Å²) in [4.78, 5) is 0. The second kappa shape index (κ2) is 9.73. The average molecular weight is 746 g/mol. The van der Waals surface area contributed by atoms with Crippen molar-refractivity contribution in [1.29, 1.82) is 0 Å². The van der Waals surface area contributed by atoms with E-state index < -0.39 is 33.5 Å². The van der Waals surface area contributed by atoms with Gasteiger partial charge in [0.2, 0.25) is 0 Å². The molecule has 0 N–H and O–H groups in total. The molecule has 0 amide bonds. The Morgan fingerprint density at radius 3 is 1.14 bits per heavy atom. The summed E-state index contributed by atoms with van der Waals surface area (Å²) in [5.41, 5.74) is 2.38. The third kappa shape index (κ3) is 4.43. The zero-order valence-corrected chi connectivity index (χ0v) is 24.2. The second-order valence-electron chi connectivity index (χ2n) is 7.81. The predicted octanol–water partition coefficient (Wildman–Crippen LogP) is 8.04. The van der Waals surface area contributed by atoms with E-state index in [0.717, 1.165) is 44.2 Å². The van der Waals surface area contributed by atoms with Gasteiger partial charge in [0.15, 0.2) is 0 Å². The van der Waals surface area contributed by atoms with Gasteiger partial charge in [0, 0.05) is 0 Å². The van der Waals surface area contributed by atoms with Crippen LogP contribution in [0.15, 0.2) is 84.9 Å². The Labute approximate surface area is 228 Å². The van der Waals surface area contributed by atoms with Crippen LogP contribution in [-0.2, 0) is 6.18 Å². The van der Waals surface area contributed by atoms with Crippen molar-refractivity contribution in [3.63, 3.8) is 0 Å². The van der Waals surface area contributed by atoms with Crippen molar-refractivity contribution in [3.8, 4) is 22.3 Å². The predicted molar refractivity (Wildman–Crippen MR) is 142 cm³/mol. The SMILES string of the molecule is FC(F)(F)c1cc[c]([Bi]([c]2c(Cl)c3cccccc-3c2Cl)[c]2c(Cl)c3cccccc-3c2Cl)cc1. The van der Waals surface area contributed by atoms with Gasteiger partial charge in [-0.2, -0.15) is 0 Å². The summed E-state index contributed by atoms with van der Waals surface area (Å²) in [5, 5.41) is 1.95. The first-order chi connectivity index (χ1) is 16.7. The molecule has 0 bridgehead atoms. The van der Waals surface area contributed by atoms with Crippen LogP contribution in [0.5, 0.6) is 0 Å². The molecule has 0 fully saturated rings. The van der Waals surface area contributed by atoms with Crippen molar-refractivity contribution in [2.75, 3.05) is 0 Å². The summed E-state index contributed by atoms with van der Waals surface area (Å²) in [5.74, 6) is 0. The van der Waals surface area contributed by atoms with Gasteiger partial charge in [0.1, 0.15) is 0 Å². The summed E-state index contributed by atoms with van der Waals surface area (Å²) >= 11 is 24.2. The molecule has 0 saturated heterocycles. The Morgan fingerprint density at radius 1 is 0.486 bits per heavy atom. The summed E-state index contributed by atoms with van der Waals surface area (Å²) in [6.07, 6.45) is -4.44. The minimum absolute atomic E-state index is 0.488. The topological polar surface area (TPSA) is 0 Å². The molecule has 35 heavy (non-hydrogen) atoms. The van der Waals surface area contributed by atoms with E-state index in [1.54, 1.807) is 0 Å². The Balaban J connectivity index is 1.85. The normalized spacial score (nSPS) is 12.1. The second-order valence-corrected chi connectivity index (χ2v) is 17.4. The molecule has 0 atom stereocenters. The molecule has 0 unspecified atom stereocenters. The van der Waals surface area contributed by atoms with Gasteiger partial charge in [-0.05, 0) is 0 Å². The van der Waals surface area contributed by atoms with E-state index in [0.29, 0.717) is 20.1 Å². The Kier molecular flexibility index (Phi) is 6.98. The van der Waals surface area contributed by atoms with Crippen LogP contribution in [0.25, 0.3) is 22.3 Å². The quantitative estimate of drug-likeness (QED) is 0.164. The van der Waals surface area contributed by atoms with Crippen LogP contribution < -0.4 is 9.81 Å². The van der Waals surface area contributed by atoms with Crippen LogP contribution in [0.4, 0.5) is 13.2 Å². The number of hydrogen-bond donors (Lipinski definition) is 0. The molecule has 0 nitrogen and oxygen atoms in total. The molecule has 176 valence electrons. The molecule has 0 aromatic heterocycles. The van der Waals surface area contributed by atoms with Crippen LogP contribution in [0.2, 0.25) is 20.1 Å². The van der Waals surface area contributed by atoms with Gasteiger partial charge in [-0.25, -0.2) is 0 Å². The standard InChI is InChI=1S/2C10H5Cl2.C7H4F3.Bi/c2*11-9-6-10(12)8-5-3-1-2-4-7(8)9;8-7(9,10)6-4-2-1-3-5-6;/h2*1-5H;2-5H;. The number of halogens is 7. The third-order valence-electron chi connectivity index (χ3n) is 5.75. The molecule has 0 aliphatic heterocycles. The monoisotopic (exact) mass is 744 g/mol. The van der Waals surface area contributed by atoms with Crippen molar-refractivity contribution in [2.45, 2.75) is 6.18 Å². The molecule has 0 radical (unpaired) electrons. The number of alkyl halides is 3. The van der Waals surface area contributed by atoms with Gasteiger partial charge in [0.05, 0.1) is 0 Å². The fourth-order valence-electron chi connectivity index (χ4n) is 4.13. The zero-order valence-electron chi connectivity index (χ0n) is 17.7. The summed E-state index contributed by atoms with van der Waals surface area (Å²) in [6, 6.07) is 23.9. The van der Waals surface area contributed by atoms with Crippen molar-refractivity contribution < 1.29 is 13.2 Å². The number of fused-ring (bicyclic) bond motifs is 2. The maximum absolute atomic E-state index is 13.3. The van der Waals surface area contributed by atoms with Crippen LogP contribution >= 0.6 is 46.4 Å². The van der Waals surface area contributed by atoms with Gasteiger partial charge in [-0.1, -0.05) is 0 Å². The zero-order chi connectivity index (χ0) is 24.9. The molecule has 0 heterocycles. The first-order valence-electron chi connectivity index (χ1n) is 10.4. The molecule has 4 aliphatic carbocycles. The molecule has 1 aromatic carbocycles. The van der Waals surface area contributed by atoms with Crippen LogP contribution in [0, 0.1) is 0 Å². The van der Waals surface area contributed by atoms with Gasteiger partial charge in [-0.3, -0.25) is 0 Å². The van der Waals surface area contributed by atoms with Crippen molar-refractivity contribution in [1.82, 2.24) is 0 Å². The molecule has 0 saturated carbocycles. The van der Waals surface area contributed by atoms with Crippen LogP contribution in [-0.4, -0.2) is 21.8 Å². The van der Waals surface area contributed by atoms with E-state index in [1.165, 1.54) is 12.1 Å². The van der Waals surface area contributed by atoms with Gasteiger partial charge < -0.3 is 0 Å². The van der Waals surface area contributed by atoms with Gasteiger partial charge >= 0.3 is 230 Å². The first-order valence-corrected chi connectivity index (χ1v) is 17.1. The van der Waals surface area contributed by atoms with E-state index in [2.05, 4.69) is 0 Å². The van der Waals surface area contributed by atoms with Crippen LogP contribution in [0.1, 0.15) is 5.56 Å². The van der Waals surface area contributed by atoms with Crippen molar-refractivity contribution in [2.24, 2.45) is 0 Å². The fourth-order valence-corrected chi connectivity index (χ4v) is 17.8. The van der Waals surface area contributed by atoms with Gasteiger partial charge in [0.25, 0.3) is 0 Å². The summed E-state index contributed by atoms with van der Waals surface area (Å²) in [6.45, 7) is 0.